The smallest absolute Gasteiger partial charge is 0.388 e. The van der Waals surface area contributed by atoms with Crippen molar-refractivity contribution in [3.8, 4) is 0 Å². The van der Waals surface area contributed by atoms with Gasteiger partial charge in [0.15, 0.2) is 0 Å². The first-order valence-electron chi connectivity index (χ1n) is 5.82. The monoisotopic (exact) mass is 301 g/mol. The van der Waals surface area contributed by atoms with Crippen molar-refractivity contribution in [2.75, 3.05) is 0 Å². The number of aliphatic hydroxyl groups is 1. The quantitative estimate of drug-likeness (QED) is 0.928. The largest absolute Gasteiger partial charge is 0.416 e. The Kier molecular flexibility index (Phi) is 4.30. The van der Waals surface area contributed by atoms with E-state index in [9.17, 15) is 18.3 Å². The highest BCUT2D eigenvalue weighted by Gasteiger charge is 2.35. The van der Waals surface area contributed by atoms with Gasteiger partial charge in [0, 0.05) is 29.4 Å². The van der Waals surface area contributed by atoms with Gasteiger partial charge in [-0.15, -0.1) is 0 Å². The Labute approximate surface area is 118 Å². The molecule has 1 atom stereocenters. The highest BCUT2D eigenvalue weighted by atomic mass is 35.5. The van der Waals surface area contributed by atoms with Crippen molar-refractivity contribution in [3.05, 3.63) is 64.4 Å². The van der Waals surface area contributed by atoms with Gasteiger partial charge in [-0.25, -0.2) is 0 Å². The molecule has 0 aliphatic heterocycles. The van der Waals surface area contributed by atoms with Crippen molar-refractivity contribution in [1.29, 1.82) is 0 Å². The van der Waals surface area contributed by atoms with Gasteiger partial charge >= 0.3 is 6.18 Å². The lowest BCUT2D eigenvalue weighted by Gasteiger charge is -2.17. The van der Waals surface area contributed by atoms with Gasteiger partial charge in [-0.1, -0.05) is 29.8 Å². The first kappa shape index (κ1) is 14.8. The molecule has 0 radical (unpaired) electrons. The van der Waals surface area contributed by atoms with Crippen LogP contribution in [0.3, 0.4) is 0 Å². The Hall–Kier alpha value is -1.59. The third-order valence-corrected chi connectivity index (χ3v) is 3.26. The molecule has 1 heterocycles. The Balaban J connectivity index is 2.31. The second-order valence-electron chi connectivity index (χ2n) is 4.27. The van der Waals surface area contributed by atoms with E-state index >= 15 is 0 Å². The van der Waals surface area contributed by atoms with E-state index < -0.39 is 17.8 Å². The van der Waals surface area contributed by atoms with Gasteiger partial charge in [0.2, 0.25) is 0 Å². The van der Waals surface area contributed by atoms with E-state index in [2.05, 4.69) is 4.98 Å². The van der Waals surface area contributed by atoms with Crippen molar-refractivity contribution >= 4 is 11.6 Å². The van der Waals surface area contributed by atoms with Crippen LogP contribution in [0.1, 0.15) is 22.8 Å². The Morgan fingerprint density at radius 1 is 1.20 bits per heavy atom. The van der Waals surface area contributed by atoms with Gasteiger partial charge in [-0.05, 0) is 17.7 Å². The van der Waals surface area contributed by atoms with Gasteiger partial charge in [0.25, 0.3) is 0 Å². The molecule has 1 aromatic carbocycles. The molecule has 0 amide bonds. The maximum absolute atomic E-state index is 12.9. The number of hydrogen-bond donors (Lipinski definition) is 1. The second kappa shape index (κ2) is 5.81. The molecule has 0 aliphatic rings. The predicted molar refractivity (Wildman–Crippen MR) is 69.4 cm³/mol. The van der Waals surface area contributed by atoms with Crippen LogP contribution in [0.25, 0.3) is 0 Å². The molecule has 106 valence electrons. The summed E-state index contributed by atoms with van der Waals surface area (Å²) in [5.41, 5.74) is -0.550. The SMILES string of the molecule is OC(Cc1ccccc1Cl)c1cnccc1C(F)(F)F. The van der Waals surface area contributed by atoms with E-state index in [0.29, 0.717) is 10.6 Å². The van der Waals surface area contributed by atoms with E-state index in [1.165, 1.54) is 0 Å². The Morgan fingerprint density at radius 2 is 1.90 bits per heavy atom. The summed E-state index contributed by atoms with van der Waals surface area (Å²) in [6.07, 6.45) is -3.77. The number of rotatable bonds is 3. The van der Waals surface area contributed by atoms with E-state index in [1.807, 2.05) is 0 Å². The van der Waals surface area contributed by atoms with Gasteiger partial charge in [-0.3, -0.25) is 4.98 Å². The zero-order valence-corrected chi connectivity index (χ0v) is 11.0. The standard InChI is InChI=1S/C14H11ClF3NO/c15-12-4-2-1-3-9(12)7-13(20)10-8-19-6-5-11(10)14(16,17)18/h1-6,8,13,20H,7H2. The average Bonchev–Trinajstić information content (AvgIpc) is 2.40. The zero-order valence-electron chi connectivity index (χ0n) is 10.2. The highest BCUT2D eigenvalue weighted by molar-refractivity contribution is 6.31. The summed E-state index contributed by atoms with van der Waals surface area (Å²) in [6, 6.07) is 7.56. The molecule has 1 aromatic heterocycles. The fourth-order valence-corrected chi connectivity index (χ4v) is 2.13. The van der Waals surface area contributed by atoms with E-state index in [0.717, 1.165) is 18.5 Å². The van der Waals surface area contributed by atoms with Gasteiger partial charge in [0.05, 0.1) is 11.7 Å². The van der Waals surface area contributed by atoms with Crippen LogP contribution < -0.4 is 0 Å². The van der Waals surface area contributed by atoms with Crippen LogP contribution in [-0.2, 0) is 12.6 Å². The number of pyridine rings is 1. The third-order valence-electron chi connectivity index (χ3n) is 2.89. The van der Waals surface area contributed by atoms with Crippen molar-refractivity contribution in [2.45, 2.75) is 18.7 Å². The summed E-state index contributed by atoms with van der Waals surface area (Å²) < 4.78 is 38.6. The molecular formula is C14H11ClF3NO. The summed E-state index contributed by atoms with van der Waals surface area (Å²) in [6.45, 7) is 0. The van der Waals surface area contributed by atoms with E-state index in [1.54, 1.807) is 24.3 Å². The summed E-state index contributed by atoms with van der Waals surface area (Å²) in [4.78, 5) is 3.65. The molecule has 20 heavy (non-hydrogen) atoms. The minimum Gasteiger partial charge on any atom is -0.388 e. The molecule has 1 N–H and O–H groups in total. The molecule has 0 aliphatic carbocycles. The number of aromatic nitrogens is 1. The first-order valence-corrected chi connectivity index (χ1v) is 6.20. The van der Waals surface area contributed by atoms with Crippen LogP contribution in [0, 0.1) is 0 Å². The average molecular weight is 302 g/mol. The van der Waals surface area contributed by atoms with Crippen molar-refractivity contribution in [2.24, 2.45) is 0 Å². The second-order valence-corrected chi connectivity index (χ2v) is 4.68. The Morgan fingerprint density at radius 3 is 2.55 bits per heavy atom. The number of alkyl halides is 3. The molecule has 2 nitrogen and oxygen atoms in total. The van der Waals surface area contributed by atoms with Crippen LogP contribution >= 0.6 is 11.6 Å². The van der Waals surface area contributed by atoms with Gasteiger partial charge in [0.1, 0.15) is 0 Å². The van der Waals surface area contributed by atoms with Crippen molar-refractivity contribution < 1.29 is 18.3 Å². The van der Waals surface area contributed by atoms with Crippen LogP contribution in [0.4, 0.5) is 13.2 Å². The lowest BCUT2D eigenvalue weighted by Crippen LogP contribution is -2.14. The zero-order chi connectivity index (χ0) is 14.8. The first-order chi connectivity index (χ1) is 9.39. The van der Waals surface area contributed by atoms with Crippen molar-refractivity contribution in [1.82, 2.24) is 4.98 Å². The highest BCUT2D eigenvalue weighted by Crippen LogP contribution is 2.35. The minimum atomic E-state index is -4.53. The van der Waals surface area contributed by atoms with Gasteiger partial charge < -0.3 is 5.11 Å². The molecule has 0 saturated heterocycles. The van der Waals surface area contributed by atoms with Crippen molar-refractivity contribution in [3.63, 3.8) is 0 Å². The van der Waals surface area contributed by atoms with Crippen LogP contribution in [0.2, 0.25) is 5.02 Å². The lowest BCUT2D eigenvalue weighted by atomic mass is 9.98. The maximum Gasteiger partial charge on any atom is 0.416 e. The maximum atomic E-state index is 12.9. The number of nitrogens with zero attached hydrogens (tertiary/aromatic N) is 1. The molecule has 2 aromatic rings. The molecule has 0 spiro atoms. The van der Waals surface area contributed by atoms with E-state index in [4.69, 9.17) is 11.6 Å². The van der Waals surface area contributed by atoms with E-state index in [-0.39, 0.29) is 12.0 Å². The molecule has 6 heteroatoms. The van der Waals surface area contributed by atoms with Gasteiger partial charge in [-0.2, -0.15) is 13.2 Å². The third kappa shape index (κ3) is 3.29. The molecule has 0 fully saturated rings. The Bertz CT molecular complexity index is 601. The molecular weight excluding hydrogens is 291 g/mol. The number of halogens is 4. The number of hydrogen-bond acceptors (Lipinski definition) is 2. The fraction of sp³-hybridized carbons (Fsp3) is 0.214. The summed E-state index contributed by atoms with van der Waals surface area (Å²) in [5.74, 6) is 0. The molecule has 1 unspecified atom stereocenters. The topological polar surface area (TPSA) is 33.1 Å². The van der Waals surface area contributed by atoms with Crippen LogP contribution in [-0.4, -0.2) is 10.1 Å². The molecule has 0 bridgehead atoms. The van der Waals surface area contributed by atoms with Crippen LogP contribution in [0.5, 0.6) is 0 Å². The normalized spacial score (nSPS) is 13.2. The minimum absolute atomic E-state index is 0.00551. The fourth-order valence-electron chi connectivity index (χ4n) is 1.91. The summed E-state index contributed by atoms with van der Waals surface area (Å²) >= 11 is 5.94. The molecule has 2 rings (SSSR count). The predicted octanol–water partition coefficient (Wildman–Crippen LogP) is 4.03. The van der Waals surface area contributed by atoms with Crippen LogP contribution in [0.15, 0.2) is 42.7 Å². The molecule has 0 saturated carbocycles. The lowest BCUT2D eigenvalue weighted by molar-refractivity contribution is -0.139. The number of aliphatic hydroxyl groups excluding tert-OH is 1. The summed E-state index contributed by atoms with van der Waals surface area (Å²) in [7, 11) is 0. The summed E-state index contributed by atoms with van der Waals surface area (Å²) in [5, 5.41) is 10.5. The number of benzene rings is 1.